The zero-order valence-corrected chi connectivity index (χ0v) is 21.0. The van der Waals surface area contributed by atoms with Crippen LogP contribution in [0.2, 0.25) is 0 Å². The van der Waals surface area contributed by atoms with Crippen molar-refractivity contribution in [3.8, 4) is 17.2 Å². The molecule has 0 unspecified atom stereocenters. The molecule has 3 aromatic rings. The molecule has 1 aliphatic rings. The molecule has 0 aromatic heterocycles. The summed E-state index contributed by atoms with van der Waals surface area (Å²) in [5.41, 5.74) is 3.96. The maximum absolute atomic E-state index is 13.2. The lowest BCUT2D eigenvalue weighted by molar-refractivity contribution is 0.0734. The number of anilines is 1. The van der Waals surface area contributed by atoms with Gasteiger partial charge in [0, 0.05) is 29.9 Å². The minimum atomic E-state index is -0.284. The molecule has 3 aromatic carbocycles. The maximum atomic E-state index is 13.2. The van der Waals surface area contributed by atoms with Crippen molar-refractivity contribution in [3.63, 3.8) is 0 Å². The molecule has 7 nitrogen and oxygen atoms in total. The summed E-state index contributed by atoms with van der Waals surface area (Å²) in [7, 11) is 0. The number of nitrogens with one attached hydrogen (secondary N) is 1. The molecule has 2 amide bonds. The number of amides is 2. The van der Waals surface area contributed by atoms with Gasteiger partial charge in [0.15, 0.2) is 11.5 Å². The second kappa shape index (κ2) is 11.6. The Labute approximate surface area is 212 Å². The molecule has 7 heteroatoms. The van der Waals surface area contributed by atoms with Gasteiger partial charge in [-0.1, -0.05) is 24.3 Å². The SMILES string of the molecule is CCOc1cc(C(=O)Nc2ccc3c(c2)CN(C(=O)c2ccccc2)CC3)cc(OCC)c1OCC. The number of nitrogens with zero attached hydrogens (tertiary/aromatic N) is 1. The first-order chi connectivity index (χ1) is 17.5. The van der Waals surface area contributed by atoms with Crippen molar-refractivity contribution >= 4 is 17.5 Å². The van der Waals surface area contributed by atoms with E-state index in [4.69, 9.17) is 14.2 Å². The molecular weight excluding hydrogens is 456 g/mol. The van der Waals surface area contributed by atoms with E-state index < -0.39 is 0 Å². The van der Waals surface area contributed by atoms with E-state index >= 15 is 0 Å². The molecule has 0 atom stereocenters. The largest absolute Gasteiger partial charge is 0.490 e. The van der Waals surface area contributed by atoms with Crippen LogP contribution >= 0.6 is 0 Å². The summed E-state index contributed by atoms with van der Waals surface area (Å²) in [6, 6.07) is 18.5. The first kappa shape index (κ1) is 25.1. The minimum absolute atomic E-state index is 0.0111. The fourth-order valence-electron chi connectivity index (χ4n) is 4.29. The van der Waals surface area contributed by atoms with Crippen molar-refractivity contribution in [2.45, 2.75) is 33.7 Å². The Hall–Kier alpha value is -4.00. The van der Waals surface area contributed by atoms with Crippen LogP contribution in [0.5, 0.6) is 17.2 Å². The molecule has 0 radical (unpaired) electrons. The van der Waals surface area contributed by atoms with E-state index in [9.17, 15) is 9.59 Å². The van der Waals surface area contributed by atoms with Crippen molar-refractivity contribution in [3.05, 3.63) is 82.9 Å². The lowest BCUT2D eigenvalue weighted by atomic mass is 9.98. The summed E-state index contributed by atoms with van der Waals surface area (Å²) in [4.78, 5) is 28.0. The smallest absolute Gasteiger partial charge is 0.255 e. The number of carbonyl (C=O) groups is 2. The summed E-state index contributed by atoms with van der Waals surface area (Å²) in [6.07, 6.45) is 0.774. The van der Waals surface area contributed by atoms with Crippen LogP contribution in [-0.4, -0.2) is 43.1 Å². The van der Waals surface area contributed by atoms with Crippen molar-refractivity contribution in [1.29, 1.82) is 0 Å². The van der Waals surface area contributed by atoms with Gasteiger partial charge in [-0.15, -0.1) is 0 Å². The van der Waals surface area contributed by atoms with Gasteiger partial charge in [0.2, 0.25) is 5.75 Å². The van der Waals surface area contributed by atoms with Crippen molar-refractivity contribution in [2.75, 3.05) is 31.7 Å². The second-order valence-electron chi connectivity index (χ2n) is 8.38. The normalized spacial score (nSPS) is 12.5. The van der Waals surface area contributed by atoms with Crippen LogP contribution in [-0.2, 0) is 13.0 Å². The Morgan fingerprint density at radius 1 is 0.806 bits per heavy atom. The Balaban J connectivity index is 1.54. The van der Waals surface area contributed by atoms with Gasteiger partial charge < -0.3 is 24.4 Å². The highest BCUT2D eigenvalue weighted by Gasteiger charge is 2.23. The van der Waals surface area contributed by atoms with Crippen LogP contribution < -0.4 is 19.5 Å². The van der Waals surface area contributed by atoms with E-state index in [-0.39, 0.29) is 11.8 Å². The quantitative estimate of drug-likeness (QED) is 0.440. The molecule has 36 heavy (non-hydrogen) atoms. The lowest BCUT2D eigenvalue weighted by Gasteiger charge is -2.29. The Morgan fingerprint density at radius 3 is 2.11 bits per heavy atom. The Bertz CT molecular complexity index is 1200. The predicted octanol–water partition coefficient (Wildman–Crippen LogP) is 5.33. The standard InChI is InChI=1S/C29H32N2O5/c1-4-34-25-17-22(18-26(35-5-2)27(25)36-6-3)28(32)30-24-13-12-20-14-15-31(19-23(20)16-24)29(33)21-10-8-7-9-11-21/h7-13,16-18H,4-6,14-15,19H2,1-3H3,(H,30,32). The maximum Gasteiger partial charge on any atom is 0.255 e. The average molecular weight is 489 g/mol. The highest BCUT2D eigenvalue weighted by atomic mass is 16.5. The fourth-order valence-corrected chi connectivity index (χ4v) is 4.29. The third-order valence-electron chi connectivity index (χ3n) is 5.96. The highest BCUT2D eigenvalue weighted by Crippen LogP contribution is 2.39. The van der Waals surface area contributed by atoms with Crippen LogP contribution in [0.3, 0.4) is 0 Å². The summed E-state index contributed by atoms with van der Waals surface area (Å²) < 4.78 is 17.2. The summed E-state index contributed by atoms with van der Waals surface area (Å²) >= 11 is 0. The monoisotopic (exact) mass is 488 g/mol. The zero-order chi connectivity index (χ0) is 25.5. The topological polar surface area (TPSA) is 77.1 Å². The van der Waals surface area contributed by atoms with Crippen LogP contribution in [0.4, 0.5) is 5.69 Å². The van der Waals surface area contributed by atoms with Gasteiger partial charge in [-0.2, -0.15) is 0 Å². The molecule has 1 N–H and O–H groups in total. The van der Waals surface area contributed by atoms with Crippen molar-refractivity contribution < 1.29 is 23.8 Å². The molecule has 1 aliphatic heterocycles. The first-order valence-corrected chi connectivity index (χ1v) is 12.4. The van der Waals surface area contributed by atoms with E-state index in [1.165, 1.54) is 5.56 Å². The van der Waals surface area contributed by atoms with Gasteiger partial charge in [-0.05, 0) is 74.7 Å². The van der Waals surface area contributed by atoms with E-state index in [1.54, 1.807) is 12.1 Å². The Morgan fingerprint density at radius 2 is 1.47 bits per heavy atom. The zero-order valence-electron chi connectivity index (χ0n) is 21.0. The number of hydrogen-bond donors (Lipinski definition) is 1. The van der Waals surface area contributed by atoms with Gasteiger partial charge >= 0.3 is 0 Å². The third-order valence-corrected chi connectivity index (χ3v) is 5.96. The molecule has 0 spiro atoms. The fraction of sp³-hybridized carbons (Fsp3) is 0.310. The third kappa shape index (κ3) is 5.62. The van der Waals surface area contributed by atoms with Crippen LogP contribution in [0.1, 0.15) is 52.6 Å². The summed E-state index contributed by atoms with van der Waals surface area (Å²) in [6.45, 7) is 8.11. The van der Waals surface area contributed by atoms with Crippen molar-refractivity contribution in [2.24, 2.45) is 0 Å². The van der Waals surface area contributed by atoms with Crippen LogP contribution in [0.15, 0.2) is 60.7 Å². The van der Waals surface area contributed by atoms with E-state index in [0.29, 0.717) is 67.0 Å². The van der Waals surface area contributed by atoms with Gasteiger partial charge in [0.25, 0.3) is 11.8 Å². The molecule has 0 aliphatic carbocycles. The number of fused-ring (bicyclic) bond motifs is 1. The summed E-state index contributed by atoms with van der Waals surface area (Å²) in [5, 5.41) is 2.98. The first-order valence-electron chi connectivity index (χ1n) is 12.4. The molecule has 1 heterocycles. The van der Waals surface area contributed by atoms with Gasteiger partial charge in [0.1, 0.15) is 0 Å². The number of ether oxygens (including phenoxy) is 3. The molecular formula is C29H32N2O5. The highest BCUT2D eigenvalue weighted by molar-refractivity contribution is 6.05. The molecule has 0 bridgehead atoms. The Kier molecular flexibility index (Phi) is 8.10. The lowest BCUT2D eigenvalue weighted by Crippen LogP contribution is -2.36. The minimum Gasteiger partial charge on any atom is -0.490 e. The van der Waals surface area contributed by atoms with E-state index in [2.05, 4.69) is 5.32 Å². The van der Waals surface area contributed by atoms with E-state index in [0.717, 1.165) is 12.0 Å². The van der Waals surface area contributed by atoms with E-state index in [1.807, 2.05) is 74.2 Å². The van der Waals surface area contributed by atoms with Gasteiger partial charge in [-0.3, -0.25) is 9.59 Å². The number of benzene rings is 3. The second-order valence-corrected chi connectivity index (χ2v) is 8.38. The van der Waals surface area contributed by atoms with Crippen LogP contribution in [0, 0.1) is 0 Å². The number of hydrogen-bond acceptors (Lipinski definition) is 5. The summed E-state index contributed by atoms with van der Waals surface area (Å²) in [5.74, 6) is 1.16. The molecule has 0 saturated heterocycles. The molecule has 188 valence electrons. The molecule has 0 fully saturated rings. The molecule has 4 rings (SSSR count). The predicted molar refractivity (Wildman–Crippen MR) is 139 cm³/mol. The van der Waals surface area contributed by atoms with Gasteiger partial charge in [0.05, 0.1) is 19.8 Å². The average Bonchev–Trinajstić information content (AvgIpc) is 2.90. The number of carbonyl (C=O) groups excluding carboxylic acids is 2. The van der Waals surface area contributed by atoms with Crippen LogP contribution in [0.25, 0.3) is 0 Å². The van der Waals surface area contributed by atoms with Gasteiger partial charge in [-0.25, -0.2) is 0 Å². The molecule has 0 saturated carbocycles. The number of rotatable bonds is 9. The van der Waals surface area contributed by atoms with Crippen molar-refractivity contribution in [1.82, 2.24) is 4.90 Å².